The molecule has 2 amide bonds. The lowest BCUT2D eigenvalue weighted by molar-refractivity contribution is -0.113. The number of rotatable bonds is 6. The highest BCUT2D eigenvalue weighted by Gasteiger charge is 2.22. The molecule has 8 heteroatoms. The first kappa shape index (κ1) is 20.7. The summed E-state index contributed by atoms with van der Waals surface area (Å²) < 4.78 is 0. The highest BCUT2D eigenvalue weighted by atomic mass is 32.2. The average Bonchev–Trinajstić information content (AvgIpc) is 3.40. The molecular formula is C24H20N4O2S2. The smallest absolute Gasteiger partial charge is 0.257 e. The molecule has 0 atom stereocenters. The number of hydrogen-bond acceptors (Lipinski definition) is 6. The number of nitrogens with one attached hydrogen (secondary N) is 2. The number of aryl methyl sites for hydroxylation is 2. The van der Waals surface area contributed by atoms with Gasteiger partial charge in [0.15, 0.2) is 0 Å². The van der Waals surface area contributed by atoms with Gasteiger partial charge in [0.2, 0.25) is 5.91 Å². The summed E-state index contributed by atoms with van der Waals surface area (Å²) in [5.41, 5.74) is 2.94. The second-order valence-corrected chi connectivity index (χ2v) is 9.47. The Morgan fingerprint density at radius 2 is 1.78 bits per heavy atom. The van der Waals surface area contributed by atoms with Crippen LogP contribution in [-0.4, -0.2) is 27.5 Å². The van der Waals surface area contributed by atoms with E-state index in [1.807, 2.05) is 30.3 Å². The molecule has 5 rings (SSSR count). The molecule has 6 nitrogen and oxygen atoms in total. The number of amides is 2. The van der Waals surface area contributed by atoms with Crippen LogP contribution in [-0.2, 0) is 17.6 Å². The van der Waals surface area contributed by atoms with Gasteiger partial charge in [-0.25, -0.2) is 9.97 Å². The molecule has 0 radical (unpaired) electrons. The molecule has 0 unspecified atom stereocenters. The number of carbonyl (C=O) groups excluding carboxylic acids is 2. The molecule has 1 aliphatic rings. The summed E-state index contributed by atoms with van der Waals surface area (Å²) in [6, 6.07) is 16.2. The van der Waals surface area contributed by atoms with Gasteiger partial charge in [0.1, 0.15) is 16.2 Å². The first-order valence-corrected chi connectivity index (χ1v) is 12.1. The lowest BCUT2D eigenvalue weighted by Gasteiger charge is -2.11. The van der Waals surface area contributed by atoms with Gasteiger partial charge < -0.3 is 10.6 Å². The third-order valence-corrected chi connectivity index (χ3v) is 7.47. The third-order valence-electron chi connectivity index (χ3n) is 5.28. The molecule has 32 heavy (non-hydrogen) atoms. The van der Waals surface area contributed by atoms with Gasteiger partial charge in [-0.3, -0.25) is 9.59 Å². The highest BCUT2D eigenvalue weighted by Crippen LogP contribution is 2.40. The van der Waals surface area contributed by atoms with Crippen LogP contribution in [0.1, 0.15) is 27.2 Å². The molecule has 0 fully saturated rings. The van der Waals surface area contributed by atoms with E-state index < -0.39 is 0 Å². The Kier molecular flexibility index (Phi) is 5.87. The predicted octanol–water partition coefficient (Wildman–Crippen LogP) is 5.16. The molecule has 0 aliphatic heterocycles. The van der Waals surface area contributed by atoms with Gasteiger partial charge in [-0.2, -0.15) is 0 Å². The zero-order valence-corrected chi connectivity index (χ0v) is 18.8. The summed E-state index contributed by atoms with van der Waals surface area (Å²) in [5.74, 6) is -0.259. The van der Waals surface area contributed by atoms with Crippen molar-refractivity contribution in [3.63, 3.8) is 0 Å². The van der Waals surface area contributed by atoms with E-state index in [4.69, 9.17) is 0 Å². The van der Waals surface area contributed by atoms with Gasteiger partial charge in [-0.1, -0.05) is 42.1 Å². The SMILES string of the molecule is O=C(CSc1ncnc2sc3c(c12)CCC3)Nc1ccccc1C(=O)Nc1ccccc1. The van der Waals surface area contributed by atoms with Crippen molar-refractivity contribution in [1.29, 1.82) is 0 Å². The molecule has 0 spiro atoms. The van der Waals surface area contributed by atoms with Crippen LogP contribution in [0.2, 0.25) is 0 Å². The molecule has 2 aromatic heterocycles. The zero-order chi connectivity index (χ0) is 21.9. The Morgan fingerprint density at radius 3 is 2.66 bits per heavy atom. The van der Waals surface area contributed by atoms with Gasteiger partial charge in [-0.05, 0) is 49.1 Å². The van der Waals surface area contributed by atoms with Crippen LogP contribution in [0.15, 0.2) is 66.0 Å². The van der Waals surface area contributed by atoms with Crippen molar-refractivity contribution in [3.8, 4) is 0 Å². The van der Waals surface area contributed by atoms with E-state index in [1.54, 1.807) is 41.9 Å². The second kappa shape index (κ2) is 9.10. The largest absolute Gasteiger partial charge is 0.325 e. The van der Waals surface area contributed by atoms with Crippen molar-refractivity contribution in [2.24, 2.45) is 0 Å². The van der Waals surface area contributed by atoms with Crippen molar-refractivity contribution < 1.29 is 9.59 Å². The molecule has 2 aromatic carbocycles. The third kappa shape index (κ3) is 4.24. The monoisotopic (exact) mass is 460 g/mol. The molecule has 2 heterocycles. The Balaban J connectivity index is 1.28. The summed E-state index contributed by atoms with van der Waals surface area (Å²) in [5, 5.41) is 7.69. The Morgan fingerprint density at radius 1 is 0.969 bits per heavy atom. The van der Waals surface area contributed by atoms with E-state index in [1.165, 1.54) is 28.6 Å². The molecule has 0 saturated carbocycles. The van der Waals surface area contributed by atoms with Crippen molar-refractivity contribution in [1.82, 2.24) is 9.97 Å². The standard InChI is InChI=1S/C24H20N4O2S2/c29-20(13-31-23-21-17-10-6-12-19(17)32-24(21)26-14-25-23)28-18-11-5-4-9-16(18)22(30)27-15-7-2-1-3-8-15/h1-5,7-9,11,14H,6,10,12-13H2,(H,27,30)(H,28,29). The first-order chi connectivity index (χ1) is 15.7. The predicted molar refractivity (Wildman–Crippen MR) is 130 cm³/mol. The van der Waals surface area contributed by atoms with Crippen molar-refractivity contribution >= 4 is 56.5 Å². The minimum atomic E-state index is -0.272. The molecule has 0 saturated heterocycles. The fourth-order valence-corrected chi connectivity index (χ4v) is 5.96. The van der Waals surface area contributed by atoms with E-state index in [9.17, 15) is 9.59 Å². The number of thiophene rings is 1. The summed E-state index contributed by atoms with van der Waals surface area (Å²) in [6.45, 7) is 0. The maximum absolute atomic E-state index is 12.7. The topological polar surface area (TPSA) is 84.0 Å². The summed E-state index contributed by atoms with van der Waals surface area (Å²) in [7, 11) is 0. The lowest BCUT2D eigenvalue weighted by atomic mass is 10.1. The summed E-state index contributed by atoms with van der Waals surface area (Å²) in [4.78, 5) is 36.7. The molecular weight excluding hydrogens is 440 g/mol. The molecule has 1 aliphatic carbocycles. The normalized spacial score (nSPS) is 12.5. The number of aromatic nitrogens is 2. The average molecular weight is 461 g/mol. The Labute approximate surface area is 193 Å². The van der Waals surface area contributed by atoms with Crippen LogP contribution in [0.25, 0.3) is 10.2 Å². The number of fused-ring (bicyclic) bond motifs is 3. The lowest BCUT2D eigenvalue weighted by Crippen LogP contribution is -2.19. The van der Waals surface area contributed by atoms with Crippen molar-refractivity contribution in [3.05, 3.63) is 76.9 Å². The number of para-hydroxylation sites is 2. The van der Waals surface area contributed by atoms with Crippen molar-refractivity contribution in [2.45, 2.75) is 24.3 Å². The number of thioether (sulfide) groups is 1. The number of benzene rings is 2. The Hall–Kier alpha value is -3.23. The summed E-state index contributed by atoms with van der Waals surface area (Å²) >= 11 is 3.14. The molecule has 4 aromatic rings. The number of anilines is 2. The van der Waals surface area contributed by atoms with Gasteiger partial charge in [0.05, 0.1) is 17.0 Å². The van der Waals surface area contributed by atoms with Crippen LogP contribution >= 0.6 is 23.1 Å². The van der Waals surface area contributed by atoms with Crippen LogP contribution in [0.3, 0.4) is 0 Å². The number of carbonyl (C=O) groups is 2. The molecule has 160 valence electrons. The molecule has 2 N–H and O–H groups in total. The van der Waals surface area contributed by atoms with Gasteiger partial charge in [0.25, 0.3) is 5.91 Å². The highest BCUT2D eigenvalue weighted by molar-refractivity contribution is 8.00. The van der Waals surface area contributed by atoms with E-state index in [2.05, 4.69) is 20.6 Å². The quantitative estimate of drug-likeness (QED) is 0.307. The van der Waals surface area contributed by atoms with E-state index in [0.717, 1.165) is 28.1 Å². The van der Waals surface area contributed by atoms with E-state index in [-0.39, 0.29) is 17.6 Å². The first-order valence-electron chi connectivity index (χ1n) is 10.3. The minimum absolute atomic E-state index is 0.186. The number of nitrogens with zero attached hydrogens (tertiary/aromatic N) is 2. The van der Waals surface area contributed by atoms with Gasteiger partial charge in [-0.15, -0.1) is 11.3 Å². The van der Waals surface area contributed by atoms with Gasteiger partial charge >= 0.3 is 0 Å². The van der Waals surface area contributed by atoms with Crippen LogP contribution in [0.5, 0.6) is 0 Å². The fourth-order valence-electron chi connectivity index (χ4n) is 3.84. The zero-order valence-electron chi connectivity index (χ0n) is 17.1. The summed E-state index contributed by atoms with van der Waals surface area (Å²) in [6.07, 6.45) is 4.88. The number of hydrogen-bond donors (Lipinski definition) is 2. The van der Waals surface area contributed by atoms with Crippen LogP contribution in [0, 0.1) is 0 Å². The van der Waals surface area contributed by atoms with Gasteiger partial charge in [0, 0.05) is 16.0 Å². The second-order valence-electron chi connectivity index (χ2n) is 7.42. The molecule has 0 bridgehead atoms. The van der Waals surface area contributed by atoms with E-state index >= 15 is 0 Å². The van der Waals surface area contributed by atoms with Crippen LogP contribution in [0.4, 0.5) is 11.4 Å². The Bertz CT molecular complexity index is 1300. The fraction of sp³-hybridized carbons (Fsp3) is 0.167. The van der Waals surface area contributed by atoms with Crippen LogP contribution < -0.4 is 10.6 Å². The minimum Gasteiger partial charge on any atom is -0.325 e. The van der Waals surface area contributed by atoms with E-state index in [0.29, 0.717) is 16.9 Å². The maximum atomic E-state index is 12.7. The van der Waals surface area contributed by atoms with Crippen molar-refractivity contribution in [2.75, 3.05) is 16.4 Å². The maximum Gasteiger partial charge on any atom is 0.257 e.